The summed E-state index contributed by atoms with van der Waals surface area (Å²) in [6, 6.07) is 0. The SMILES string of the molecule is C=CC(=O)OCC(CO)(COC)COCC(COC)(COC(=O)C=C)COC(=O)C=C. The van der Waals surface area contributed by atoms with Gasteiger partial charge in [-0.3, -0.25) is 0 Å². The fourth-order valence-corrected chi connectivity index (χ4v) is 2.46. The number of carbonyl (C=O) groups is 3. The number of aliphatic hydroxyl groups is 1. The zero-order valence-electron chi connectivity index (χ0n) is 18.1. The average molecular weight is 444 g/mol. The first-order valence-electron chi connectivity index (χ1n) is 9.30. The van der Waals surface area contributed by atoms with Crippen molar-refractivity contribution in [2.75, 3.05) is 67.1 Å². The number of hydrogen-bond acceptors (Lipinski definition) is 10. The third-order valence-electron chi connectivity index (χ3n) is 4.11. The topological polar surface area (TPSA) is 127 Å². The second-order valence-corrected chi connectivity index (χ2v) is 6.95. The highest BCUT2D eigenvalue weighted by Crippen LogP contribution is 2.24. The largest absolute Gasteiger partial charge is 0.462 e. The molecule has 0 aromatic rings. The summed E-state index contributed by atoms with van der Waals surface area (Å²) in [6.45, 7) is 8.89. The lowest BCUT2D eigenvalue weighted by molar-refractivity contribution is -0.161. The second-order valence-electron chi connectivity index (χ2n) is 6.95. The molecule has 0 aliphatic carbocycles. The third-order valence-corrected chi connectivity index (χ3v) is 4.11. The van der Waals surface area contributed by atoms with E-state index in [1.165, 1.54) is 14.2 Å². The molecule has 176 valence electrons. The van der Waals surface area contributed by atoms with E-state index in [-0.39, 0.29) is 46.2 Å². The van der Waals surface area contributed by atoms with Crippen molar-refractivity contribution in [3.8, 4) is 0 Å². The molecule has 31 heavy (non-hydrogen) atoms. The van der Waals surface area contributed by atoms with Gasteiger partial charge in [0.2, 0.25) is 0 Å². The van der Waals surface area contributed by atoms with Crippen molar-refractivity contribution in [2.24, 2.45) is 10.8 Å². The number of aliphatic hydroxyl groups excluding tert-OH is 1. The summed E-state index contributed by atoms with van der Waals surface area (Å²) in [5.74, 6) is -2.00. The van der Waals surface area contributed by atoms with Crippen molar-refractivity contribution in [1.82, 2.24) is 0 Å². The Morgan fingerprint density at radius 2 is 1.03 bits per heavy atom. The van der Waals surface area contributed by atoms with Crippen molar-refractivity contribution in [3.63, 3.8) is 0 Å². The van der Waals surface area contributed by atoms with Gasteiger partial charge >= 0.3 is 17.9 Å². The summed E-state index contributed by atoms with van der Waals surface area (Å²) in [7, 11) is 2.86. The van der Waals surface area contributed by atoms with Crippen molar-refractivity contribution in [2.45, 2.75) is 0 Å². The molecule has 0 saturated carbocycles. The molecule has 0 aliphatic heterocycles. The van der Waals surface area contributed by atoms with Gasteiger partial charge in [0.05, 0.1) is 43.9 Å². The summed E-state index contributed by atoms with van der Waals surface area (Å²) in [4.78, 5) is 34.5. The van der Waals surface area contributed by atoms with Crippen LogP contribution < -0.4 is 0 Å². The Labute approximate surface area is 182 Å². The fraction of sp³-hybridized carbons (Fsp3) is 0.571. The summed E-state index contributed by atoms with van der Waals surface area (Å²) in [5.41, 5.74) is -2.11. The van der Waals surface area contributed by atoms with Crippen molar-refractivity contribution < 1.29 is 47.9 Å². The predicted molar refractivity (Wildman–Crippen MR) is 110 cm³/mol. The quantitative estimate of drug-likeness (QED) is 0.181. The Hall–Kier alpha value is -2.53. The first kappa shape index (κ1) is 28.5. The van der Waals surface area contributed by atoms with E-state index in [9.17, 15) is 19.5 Å². The number of carbonyl (C=O) groups excluding carboxylic acids is 3. The van der Waals surface area contributed by atoms with E-state index in [0.29, 0.717) is 0 Å². The zero-order valence-corrected chi connectivity index (χ0v) is 18.1. The lowest BCUT2D eigenvalue weighted by Gasteiger charge is -2.34. The molecule has 0 aromatic carbocycles. The van der Waals surface area contributed by atoms with Crippen LogP contribution in [0.5, 0.6) is 0 Å². The maximum absolute atomic E-state index is 11.5. The van der Waals surface area contributed by atoms with Gasteiger partial charge in [-0.25, -0.2) is 14.4 Å². The van der Waals surface area contributed by atoms with Crippen LogP contribution in [-0.4, -0.2) is 90.1 Å². The second kappa shape index (κ2) is 15.3. The maximum Gasteiger partial charge on any atom is 0.330 e. The highest BCUT2D eigenvalue weighted by atomic mass is 16.6. The molecule has 1 unspecified atom stereocenters. The smallest absolute Gasteiger partial charge is 0.330 e. The maximum atomic E-state index is 11.5. The molecule has 0 aromatic heterocycles. The summed E-state index contributed by atoms with van der Waals surface area (Å²) in [6.07, 6.45) is 3.00. The highest BCUT2D eigenvalue weighted by molar-refractivity contribution is 5.82. The minimum absolute atomic E-state index is 0.0176. The molecule has 0 radical (unpaired) electrons. The molecule has 10 nitrogen and oxygen atoms in total. The number of methoxy groups -OCH3 is 2. The molecular formula is C21H32O10. The van der Waals surface area contributed by atoms with E-state index in [4.69, 9.17) is 28.4 Å². The van der Waals surface area contributed by atoms with Crippen molar-refractivity contribution >= 4 is 17.9 Å². The minimum Gasteiger partial charge on any atom is -0.462 e. The first-order valence-corrected chi connectivity index (χ1v) is 9.30. The standard InChI is InChI=1S/C21H32O10/c1-6-17(23)29-14-20(9-22,10-26-4)12-28-13-21(11-27-5,15-30-18(24)7-2)16-31-19(25)8-3/h6-8,22H,1-3,9-16H2,4-5H3. The van der Waals surface area contributed by atoms with Crippen LogP contribution in [0.1, 0.15) is 0 Å². The third kappa shape index (κ3) is 10.9. The van der Waals surface area contributed by atoms with E-state index in [0.717, 1.165) is 18.2 Å². The van der Waals surface area contributed by atoms with Gasteiger partial charge in [-0.2, -0.15) is 0 Å². The van der Waals surface area contributed by atoms with E-state index >= 15 is 0 Å². The molecule has 10 heteroatoms. The van der Waals surface area contributed by atoms with Gasteiger partial charge < -0.3 is 33.5 Å². The van der Waals surface area contributed by atoms with Gasteiger partial charge in [0.25, 0.3) is 0 Å². The minimum atomic E-state index is -1.06. The number of rotatable bonds is 18. The van der Waals surface area contributed by atoms with Crippen molar-refractivity contribution in [3.05, 3.63) is 38.0 Å². The van der Waals surface area contributed by atoms with Crippen LogP contribution in [0.15, 0.2) is 38.0 Å². The summed E-state index contributed by atoms with van der Waals surface area (Å²) < 4.78 is 31.5. The zero-order chi connectivity index (χ0) is 23.8. The van der Waals surface area contributed by atoms with Crippen LogP contribution in [0.3, 0.4) is 0 Å². The van der Waals surface area contributed by atoms with E-state index in [1.54, 1.807) is 0 Å². The molecule has 1 N–H and O–H groups in total. The monoisotopic (exact) mass is 444 g/mol. The van der Waals surface area contributed by atoms with Gasteiger partial charge in [-0.05, 0) is 0 Å². The average Bonchev–Trinajstić information content (AvgIpc) is 2.78. The molecule has 0 fully saturated rings. The lowest BCUT2D eigenvalue weighted by atomic mass is 9.90. The Morgan fingerprint density at radius 1 is 0.677 bits per heavy atom. The fourth-order valence-electron chi connectivity index (χ4n) is 2.46. The summed E-state index contributed by atoms with van der Waals surface area (Å²) in [5, 5.41) is 9.88. The molecule has 0 amide bonds. The predicted octanol–water partition coefficient (Wildman–Crippen LogP) is 0.449. The van der Waals surface area contributed by atoms with Gasteiger partial charge in [0.15, 0.2) is 0 Å². The molecule has 0 heterocycles. The van der Waals surface area contributed by atoms with Crippen LogP contribution in [0.2, 0.25) is 0 Å². The Bertz CT molecular complexity index is 591. The number of hydrogen-bond donors (Lipinski definition) is 1. The van der Waals surface area contributed by atoms with Crippen LogP contribution in [0.4, 0.5) is 0 Å². The van der Waals surface area contributed by atoms with E-state index in [2.05, 4.69) is 19.7 Å². The van der Waals surface area contributed by atoms with Gasteiger partial charge in [-0.15, -0.1) is 0 Å². The van der Waals surface area contributed by atoms with Crippen LogP contribution in [0.25, 0.3) is 0 Å². The number of ether oxygens (including phenoxy) is 6. The Kier molecular flexibility index (Phi) is 14.0. The lowest BCUT2D eigenvalue weighted by Crippen LogP contribution is -2.45. The van der Waals surface area contributed by atoms with Crippen LogP contribution >= 0.6 is 0 Å². The molecule has 0 aliphatic rings. The van der Waals surface area contributed by atoms with Crippen LogP contribution in [-0.2, 0) is 42.8 Å². The molecule has 0 saturated heterocycles. The first-order chi connectivity index (χ1) is 14.8. The molecule has 0 rings (SSSR count). The summed E-state index contributed by atoms with van der Waals surface area (Å²) >= 11 is 0. The Morgan fingerprint density at radius 3 is 1.39 bits per heavy atom. The molecule has 1 atom stereocenters. The molecule has 0 spiro atoms. The van der Waals surface area contributed by atoms with Gasteiger partial charge in [-0.1, -0.05) is 19.7 Å². The Balaban J connectivity index is 5.41. The normalized spacial score (nSPS) is 12.9. The highest BCUT2D eigenvalue weighted by Gasteiger charge is 2.37. The van der Waals surface area contributed by atoms with E-state index in [1.807, 2.05) is 0 Å². The van der Waals surface area contributed by atoms with Crippen molar-refractivity contribution in [1.29, 1.82) is 0 Å². The van der Waals surface area contributed by atoms with Gasteiger partial charge in [0, 0.05) is 32.4 Å². The molecular weight excluding hydrogens is 412 g/mol. The molecule has 0 bridgehead atoms. The van der Waals surface area contributed by atoms with Crippen LogP contribution in [0, 0.1) is 10.8 Å². The van der Waals surface area contributed by atoms with Gasteiger partial charge in [0.1, 0.15) is 19.8 Å². The number of esters is 3. The van der Waals surface area contributed by atoms with E-state index < -0.39 is 35.3 Å².